The summed E-state index contributed by atoms with van der Waals surface area (Å²) >= 11 is 0. The Hall–Kier alpha value is -2.81. The molecule has 1 amide bonds. The van der Waals surface area contributed by atoms with Gasteiger partial charge in [-0.05, 0) is 49.0 Å². The monoisotopic (exact) mass is 356 g/mol. The van der Waals surface area contributed by atoms with Crippen molar-refractivity contribution in [2.75, 3.05) is 26.8 Å². The van der Waals surface area contributed by atoms with Crippen LogP contribution in [0.15, 0.2) is 29.8 Å². The van der Waals surface area contributed by atoms with Crippen molar-refractivity contribution in [1.82, 2.24) is 4.90 Å². The van der Waals surface area contributed by atoms with Crippen LogP contribution in [0.5, 0.6) is 5.75 Å². The van der Waals surface area contributed by atoms with Gasteiger partial charge in [-0.2, -0.15) is 5.26 Å². The molecule has 1 aromatic rings. The molecule has 1 fully saturated rings. The van der Waals surface area contributed by atoms with Crippen molar-refractivity contribution in [3.05, 3.63) is 35.4 Å². The van der Waals surface area contributed by atoms with Crippen LogP contribution in [0, 0.1) is 17.2 Å². The van der Waals surface area contributed by atoms with Gasteiger partial charge in [0, 0.05) is 13.1 Å². The van der Waals surface area contributed by atoms with Gasteiger partial charge < -0.3 is 14.4 Å². The highest BCUT2D eigenvalue weighted by Gasteiger charge is 2.27. The van der Waals surface area contributed by atoms with Crippen molar-refractivity contribution >= 4 is 18.0 Å². The van der Waals surface area contributed by atoms with E-state index in [4.69, 9.17) is 9.47 Å². The van der Waals surface area contributed by atoms with Gasteiger partial charge in [0.25, 0.3) is 5.91 Å². The van der Waals surface area contributed by atoms with E-state index < -0.39 is 5.97 Å². The SMILES string of the molecule is CCCN(CC1CC1)C(=O)COC(=O)/C(C#N)=C/c1ccc(OC)cc1. The highest BCUT2D eigenvalue weighted by atomic mass is 16.5. The lowest BCUT2D eigenvalue weighted by Gasteiger charge is -2.21. The zero-order valence-electron chi connectivity index (χ0n) is 15.2. The molecule has 0 heterocycles. The number of carbonyl (C=O) groups excluding carboxylic acids is 2. The number of nitriles is 1. The molecule has 6 nitrogen and oxygen atoms in total. The molecular weight excluding hydrogens is 332 g/mol. The molecule has 0 bridgehead atoms. The highest BCUT2D eigenvalue weighted by Crippen LogP contribution is 2.29. The Balaban J connectivity index is 1.93. The van der Waals surface area contributed by atoms with Crippen molar-refractivity contribution < 1.29 is 19.1 Å². The van der Waals surface area contributed by atoms with E-state index in [0.717, 1.165) is 25.8 Å². The molecule has 0 unspecified atom stereocenters. The van der Waals surface area contributed by atoms with Crippen LogP contribution in [-0.4, -0.2) is 43.6 Å². The van der Waals surface area contributed by atoms with Crippen LogP contribution in [-0.2, 0) is 14.3 Å². The summed E-state index contributed by atoms with van der Waals surface area (Å²) in [5, 5.41) is 9.21. The Labute approximate surface area is 154 Å². The number of hydrogen-bond acceptors (Lipinski definition) is 5. The molecule has 138 valence electrons. The van der Waals surface area contributed by atoms with Gasteiger partial charge in [-0.25, -0.2) is 4.79 Å². The summed E-state index contributed by atoms with van der Waals surface area (Å²) in [6.07, 6.45) is 4.58. The van der Waals surface area contributed by atoms with Gasteiger partial charge >= 0.3 is 5.97 Å². The molecule has 1 aromatic carbocycles. The van der Waals surface area contributed by atoms with Crippen molar-refractivity contribution in [3.63, 3.8) is 0 Å². The lowest BCUT2D eigenvalue weighted by atomic mass is 10.1. The number of benzene rings is 1. The molecule has 0 spiro atoms. The summed E-state index contributed by atoms with van der Waals surface area (Å²) in [5.74, 6) is 0.250. The molecule has 0 radical (unpaired) electrons. The van der Waals surface area contributed by atoms with Gasteiger partial charge in [0.15, 0.2) is 6.61 Å². The molecule has 0 aliphatic heterocycles. The van der Waals surface area contributed by atoms with Crippen LogP contribution >= 0.6 is 0 Å². The first-order valence-corrected chi connectivity index (χ1v) is 8.78. The second-order valence-electron chi connectivity index (χ2n) is 6.30. The number of hydrogen-bond donors (Lipinski definition) is 0. The Morgan fingerprint density at radius 3 is 2.54 bits per heavy atom. The highest BCUT2D eigenvalue weighted by molar-refractivity contribution is 5.98. The van der Waals surface area contributed by atoms with Crippen LogP contribution in [0.2, 0.25) is 0 Å². The smallest absolute Gasteiger partial charge is 0.349 e. The second kappa shape index (κ2) is 9.62. The Morgan fingerprint density at radius 1 is 1.31 bits per heavy atom. The topological polar surface area (TPSA) is 79.6 Å². The fraction of sp³-hybridized carbons (Fsp3) is 0.450. The third kappa shape index (κ3) is 5.92. The molecule has 1 aliphatic carbocycles. The van der Waals surface area contributed by atoms with E-state index in [0.29, 0.717) is 23.8 Å². The zero-order valence-corrected chi connectivity index (χ0v) is 15.2. The van der Waals surface area contributed by atoms with E-state index in [9.17, 15) is 14.9 Å². The van der Waals surface area contributed by atoms with E-state index in [1.165, 1.54) is 6.08 Å². The minimum atomic E-state index is -0.792. The van der Waals surface area contributed by atoms with E-state index in [1.54, 1.807) is 36.3 Å². The van der Waals surface area contributed by atoms with Crippen molar-refractivity contribution in [2.24, 2.45) is 5.92 Å². The first kappa shape index (κ1) is 19.5. The largest absolute Gasteiger partial charge is 0.497 e. The van der Waals surface area contributed by atoms with Gasteiger partial charge in [0.2, 0.25) is 0 Å². The van der Waals surface area contributed by atoms with Crippen LogP contribution in [0.3, 0.4) is 0 Å². The van der Waals surface area contributed by atoms with Crippen molar-refractivity contribution in [1.29, 1.82) is 5.26 Å². The average molecular weight is 356 g/mol. The van der Waals surface area contributed by atoms with Gasteiger partial charge in [0.1, 0.15) is 17.4 Å². The van der Waals surface area contributed by atoms with Crippen LogP contribution in [0.1, 0.15) is 31.7 Å². The number of carbonyl (C=O) groups is 2. The molecule has 0 aromatic heterocycles. The van der Waals surface area contributed by atoms with E-state index >= 15 is 0 Å². The summed E-state index contributed by atoms with van der Waals surface area (Å²) < 4.78 is 10.1. The van der Waals surface area contributed by atoms with Crippen LogP contribution < -0.4 is 4.74 Å². The molecule has 26 heavy (non-hydrogen) atoms. The van der Waals surface area contributed by atoms with Gasteiger partial charge in [-0.1, -0.05) is 19.1 Å². The van der Waals surface area contributed by atoms with Gasteiger partial charge in [-0.3, -0.25) is 4.79 Å². The quantitative estimate of drug-likeness (QED) is 0.386. The molecule has 1 aliphatic rings. The predicted molar refractivity (Wildman–Crippen MR) is 97.1 cm³/mol. The summed E-state index contributed by atoms with van der Waals surface area (Å²) in [6, 6.07) is 8.75. The van der Waals surface area contributed by atoms with Crippen LogP contribution in [0.4, 0.5) is 0 Å². The van der Waals surface area contributed by atoms with Crippen molar-refractivity contribution in [2.45, 2.75) is 26.2 Å². The molecule has 1 saturated carbocycles. The second-order valence-corrected chi connectivity index (χ2v) is 6.30. The molecule has 2 rings (SSSR count). The summed E-state index contributed by atoms with van der Waals surface area (Å²) in [4.78, 5) is 26.1. The number of methoxy groups -OCH3 is 1. The maximum Gasteiger partial charge on any atom is 0.349 e. The number of esters is 1. The third-order valence-corrected chi connectivity index (χ3v) is 4.12. The van der Waals surface area contributed by atoms with Gasteiger partial charge in [0.05, 0.1) is 7.11 Å². The lowest BCUT2D eigenvalue weighted by molar-refractivity contribution is -0.148. The maximum absolute atomic E-state index is 12.3. The molecule has 0 N–H and O–H groups in total. The molecular formula is C20H24N2O4. The Kier molecular flexibility index (Phi) is 7.22. The number of amides is 1. The van der Waals surface area contributed by atoms with E-state index in [-0.39, 0.29) is 18.1 Å². The molecule has 6 heteroatoms. The fourth-order valence-electron chi connectivity index (χ4n) is 2.50. The van der Waals surface area contributed by atoms with Gasteiger partial charge in [-0.15, -0.1) is 0 Å². The first-order valence-electron chi connectivity index (χ1n) is 8.78. The Bertz CT molecular complexity index is 700. The molecule has 0 atom stereocenters. The standard InChI is InChI=1S/C20H24N2O4/c1-3-10-22(13-16-4-5-16)19(23)14-26-20(24)17(12-21)11-15-6-8-18(25-2)9-7-15/h6-9,11,16H,3-5,10,13-14H2,1-2H3/b17-11+. The predicted octanol–water partition coefficient (Wildman–Crippen LogP) is 2.79. The summed E-state index contributed by atoms with van der Waals surface area (Å²) in [6.45, 7) is 3.04. The van der Waals surface area contributed by atoms with Crippen LogP contribution in [0.25, 0.3) is 6.08 Å². The molecule has 0 saturated heterocycles. The summed E-state index contributed by atoms with van der Waals surface area (Å²) in [5.41, 5.74) is 0.527. The van der Waals surface area contributed by atoms with E-state index in [2.05, 4.69) is 0 Å². The van der Waals surface area contributed by atoms with Crippen molar-refractivity contribution in [3.8, 4) is 11.8 Å². The number of nitrogens with zero attached hydrogens (tertiary/aromatic N) is 2. The van der Waals surface area contributed by atoms with E-state index in [1.807, 2.05) is 13.0 Å². The maximum atomic E-state index is 12.3. The average Bonchev–Trinajstić information content (AvgIpc) is 3.48. The number of rotatable bonds is 9. The lowest BCUT2D eigenvalue weighted by Crippen LogP contribution is -2.36. The Morgan fingerprint density at radius 2 is 2.00 bits per heavy atom. The first-order chi connectivity index (χ1) is 12.6. The summed E-state index contributed by atoms with van der Waals surface area (Å²) in [7, 11) is 1.56. The minimum Gasteiger partial charge on any atom is -0.497 e. The third-order valence-electron chi connectivity index (χ3n) is 4.12. The zero-order chi connectivity index (χ0) is 18.9. The normalized spacial score (nSPS) is 13.7. The fourth-order valence-corrected chi connectivity index (χ4v) is 2.50. The number of ether oxygens (including phenoxy) is 2. The minimum absolute atomic E-state index is 0.146.